The number of nitrogens with zero attached hydrogens (tertiary/aromatic N) is 3. The molecule has 6 nitrogen and oxygen atoms in total. The van der Waals surface area contributed by atoms with Crippen LogP contribution in [0.15, 0.2) is 48.9 Å². The van der Waals surface area contributed by atoms with Gasteiger partial charge in [-0.2, -0.15) is 0 Å². The maximum absolute atomic E-state index is 11.6. The molecule has 0 bridgehead atoms. The summed E-state index contributed by atoms with van der Waals surface area (Å²) >= 11 is 0. The lowest BCUT2D eigenvalue weighted by atomic mass is 10.0. The van der Waals surface area contributed by atoms with Crippen LogP contribution in [0.1, 0.15) is 28.8 Å². The third-order valence-electron chi connectivity index (χ3n) is 5.19. The zero-order valence-corrected chi connectivity index (χ0v) is 15.4. The Bertz CT molecular complexity index is 962. The molecule has 0 unspecified atom stereocenters. The van der Waals surface area contributed by atoms with Gasteiger partial charge in [0.1, 0.15) is 6.33 Å². The molecule has 6 heteroatoms. The van der Waals surface area contributed by atoms with Gasteiger partial charge in [0.15, 0.2) is 0 Å². The number of piperidine rings is 1. The standard InChI is InChI=1S/C21H23N5O/c1-14-2-4-16(5-3-14)26-10-8-15(9-11-26)25-19-7-6-17(21(22)27)20-18(19)12-23-13-24-20/h2-7,12-13,15,25H,8-11H2,1H3,(H2,22,27). The second-order valence-corrected chi connectivity index (χ2v) is 7.05. The molecule has 1 amide bonds. The molecule has 1 saturated heterocycles. The molecule has 1 aromatic heterocycles. The monoisotopic (exact) mass is 361 g/mol. The molecule has 27 heavy (non-hydrogen) atoms. The van der Waals surface area contributed by atoms with Gasteiger partial charge in [0.25, 0.3) is 5.91 Å². The third-order valence-corrected chi connectivity index (χ3v) is 5.19. The summed E-state index contributed by atoms with van der Waals surface area (Å²) in [5.41, 5.74) is 10.00. The molecule has 3 N–H and O–H groups in total. The van der Waals surface area contributed by atoms with Gasteiger partial charge >= 0.3 is 0 Å². The van der Waals surface area contributed by atoms with E-state index in [1.165, 1.54) is 17.6 Å². The van der Waals surface area contributed by atoms with Crippen molar-refractivity contribution < 1.29 is 4.79 Å². The van der Waals surface area contributed by atoms with Crippen LogP contribution in [0.2, 0.25) is 0 Å². The third kappa shape index (κ3) is 3.56. The quantitative estimate of drug-likeness (QED) is 0.746. The molecular weight excluding hydrogens is 338 g/mol. The van der Waals surface area contributed by atoms with Crippen molar-refractivity contribution in [3.63, 3.8) is 0 Å². The van der Waals surface area contributed by atoms with Gasteiger partial charge in [0.2, 0.25) is 0 Å². The van der Waals surface area contributed by atoms with Gasteiger partial charge in [-0.15, -0.1) is 0 Å². The number of fused-ring (bicyclic) bond motifs is 1. The van der Waals surface area contributed by atoms with Crippen LogP contribution in [-0.4, -0.2) is 35.0 Å². The average Bonchev–Trinajstić information content (AvgIpc) is 2.69. The van der Waals surface area contributed by atoms with E-state index in [-0.39, 0.29) is 0 Å². The Morgan fingerprint density at radius 1 is 1.15 bits per heavy atom. The molecular formula is C21H23N5O. The number of carbonyl (C=O) groups is 1. The summed E-state index contributed by atoms with van der Waals surface area (Å²) in [4.78, 5) is 22.4. The summed E-state index contributed by atoms with van der Waals surface area (Å²) in [5, 5.41) is 4.44. The number of aromatic nitrogens is 2. The number of amides is 1. The smallest absolute Gasteiger partial charge is 0.250 e. The van der Waals surface area contributed by atoms with Crippen LogP contribution in [0.5, 0.6) is 0 Å². The Morgan fingerprint density at radius 2 is 1.89 bits per heavy atom. The molecule has 138 valence electrons. The molecule has 0 atom stereocenters. The van der Waals surface area contributed by atoms with E-state index < -0.39 is 5.91 Å². The van der Waals surface area contributed by atoms with E-state index >= 15 is 0 Å². The van der Waals surface area contributed by atoms with Gasteiger partial charge in [-0.3, -0.25) is 4.79 Å². The van der Waals surface area contributed by atoms with E-state index in [0.717, 1.165) is 37.0 Å². The van der Waals surface area contributed by atoms with Gasteiger partial charge in [0, 0.05) is 42.1 Å². The van der Waals surface area contributed by atoms with Crippen LogP contribution in [0, 0.1) is 6.92 Å². The molecule has 2 heterocycles. The van der Waals surface area contributed by atoms with Crippen LogP contribution in [0.25, 0.3) is 10.9 Å². The lowest BCUT2D eigenvalue weighted by Crippen LogP contribution is -2.39. The number of nitrogens with one attached hydrogen (secondary N) is 1. The van der Waals surface area contributed by atoms with Crippen molar-refractivity contribution in [2.45, 2.75) is 25.8 Å². The molecule has 0 saturated carbocycles. The molecule has 1 fully saturated rings. The van der Waals surface area contributed by atoms with Crippen molar-refractivity contribution >= 4 is 28.2 Å². The Hall–Kier alpha value is -3.15. The second-order valence-electron chi connectivity index (χ2n) is 7.05. The Kier molecular flexibility index (Phi) is 4.62. The molecule has 3 aromatic rings. The second kappa shape index (κ2) is 7.23. The number of primary amides is 1. The van der Waals surface area contributed by atoms with Gasteiger partial charge in [0.05, 0.1) is 11.1 Å². The summed E-state index contributed by atoms with van der Waals surface area (Å²) in [6.45, 7) is 4.13. The number of hydrogen-bond donors (Lipinski definition) is 2. The lowest BCUT2D eigenvalue weighted by molar-refractivity contribution is 0.100. The fourth-order valence-electron chi connectivity index (χ4n) is 3.66. The molecule has 0 radical (unpaired) electrons. The fraction of sp³-hybridized carbons (Fsp3) is 0.286. The zero-order chi connectivity index (χ0) is 18.8. The fourth-order valence-corrected chi connectivity index (χ4v) is 3.66. The van der Waals surface area contributed by atoms with Crippen LogP contribution in [0.3, 0.4) is 0 Å². The van der Waals surface area contributed by atoms with E-state index in [9.17, 15) is 4.79 Å². The molecule has 0 aliphatic carbocycles. The van der Waals surface area contributed by atoms with Crippen LogP contribution < -0.4 is 16.0 Å². The SMILES string of the molecule is Cc1ccc(N2CCC(Nc3ccc(C(N)=O)c4ncncc34)CC2)cc1. The summed E-state index contributed by atoms with van der Waals surface area (Å²) in [6, 6.07) is 12.7. The van der Waals surface area contributed by atoms with Crippen molar-refractivity contribution in [1.29, 1.82) is 0 Å². The highest BCUT2D eigenvalue weighted by Crippen LogP contribution is 2.27. The van der Waals surface area contributed by atoms with Gasteiger partial charge in [-0.25, -0.2) is 9.97 Å². The van der Waals surface area contributed by atoms with Gasteiger partial charge < -0.3 is 16.0 Å². The maximum atomic E-state index is 11.6. The first-order valence-corrected chi connectivity index (χ1v) is 9.22. The normalized spacial score (nSPS) is 15.1. The maximum Gasteiger partial charge on any atom is 0.250 e. The molecule has 4 rings (SSSR count). The van der Waals surface area contributed by atoms with Gasteiger partial charge in [-0.1, -0.05) is 17.7 Å². The first-order chi connectivity index (χ1) is 13.1. The van der Waals surface area contributed by atoms with E-state index in [1.54, 1.807) is 12.3 Å². The Balaban J connectivity index is 1.49. The number of carbonyl (C=O) groups excluding carboxylic acids is 1. The minimum atomic E-state index is -0.475. The minimum absolute atomic E-state index is 0.370. The summed E-state index contributed by atoms with van der Waals surface area (Å²) < 4.78 is 0. The molecule has 1 aliphatic rings. The van der Waals surface area contributed by atoms with Crippen molar-refractivity contribution in [2.24, 2.45) is 5.73 Å². The van der Waals surface area contributed by atoms with E-state index in [2.05, 4.69) is 51.4 Å². The number of benzene rings is 2. The van der Waals surface area contributed by atoms with Crippen LogP contribution >= 0.6 is 0 Å². The number of rotatable bonds is 4. The topological polar surface area (TPSA) is 84.1 Å². The number of aryl methyl sites for hydroxylation is 1. The molecule has 1 aliphatic heterocycles. The minimum Gasteiger partial charge on any atom is -0.382 e. The first kappa shape index (κ1) is 17.3. The Labute approximate surface area is 158 Å². The molecule has 2 aromatic carbocycles. The van der Waals surface area contributed by atoms with Crippen molar-refractivity contribution in [3.8, 4) is 0 Å². The predicted molar refractivity (Wildman–Crippen MR) is 108 cm³/mol. The highest BCUT2D eigenvalue weighted by atomic mass is 16.1. The van der Waals surface area contributed by atoms with Crippen molar-refractivity contribution in [1.82, 2.24) is 9.97 Å². The van der Waals surface area contributed by atoms with E-state index in [1.807, 2.05) is 6.07 Å². The summed E-state index contributed by atoms with van der Waals surface area (Å²) in [5.74, 6) is -0.475. The first-order valence-electron chi connectivity index (χ1n) is 9.22. The number of hydrogen-bond acceptors (Lipinski definition) is 5. The van der Waals surface area contributed by atoms with Gasteiger partial charge in [-0.05, 0) is 44.0 Å². The van der Waals surface area contributed by atoms with Crippen molar-refractivity contribution in [2.75, 3.05) is 23.3 Å². The largest absolute Gasteiger partial charge is 0.382 e. The van der Waals surface area contributed by atoms with Crippen LogP contribution in [0.4, 0.5) is 11.4 Å². The zero-order valence-electron chi connectivity index (χ0n) is 15.4. The lowest BCUT2D eigenvalue weighted by Gasteiger charge is -2.34. The number of nitrogens with two attached hydrogens (primary N) is 1. The van der Waals surface area contributed by atoms with Crippen molar-refractivity contribution in [3.05, 3.63) is 60.0 Å². The van der Waals surface area contributed by atoms with Crippen LogP contribution in [-0.2, 0) is 0 Å². The Morgan fingerprint density at radius 3 is 2.59 bits per heavy atom. The number of anilines is 2. The summed E-state index contributed by atoms with van der Waals surface area (Å²) in [6.07, 6.45) is 5.26. The highest BCUT2D eigenvalue weighted by molar-refractivity contribution is 6.07. The summed E-state index contributed by atoms with van der Waals surface area (Å²) in [7, 11) is 0. The predicted octanol–water partition coefficient (Wildman–Crippen LogP) is 3.12. The van der Waals surface area contributed by atoms with E-state index in [4.69, 9.17) is 5.73 Å². The molecule has 0 spiro atoms. The van der Waals surface area contributed by atoms with E-state index in [0.29, 0.717) is 17.1 Å². The average molecular weight is 361 g/mol. The highest BCUT2D eigenvalue weighted by Gasteiger charge is 2.20.